The van der Waals surface area contributed by atoms with Crippen LogP contribution in [0.25, 0.3) is 16.6 Å². The number of aromatic nitrogens is 2. The van der Waals surface area contributed by atoms with Crippen LogP contribution in [0.3, 0.4) is 0 Å². The lowest BCUT2D eigenvalue weighted by molar-refractivity contribution is 0.774. The third kappa shape index (κ3) is 2.17. The first-order chi connectivity index (χ1) is 10.0. The third-order valence-corrected chi connectivity index (χ3v) is 4.08. The Kier molecular flexibility index (Phi) is 3.35. The number of aryl methyl sites for hydroxylation is 1. The number of benzene rings is 2. The molecule has 0 aliphatic carbocycles. The molecule has 0 N–H and O–H groups in total. The van der Waals surface area contributed by atoms with Gasteiger partial charge in [-0.15, -0.1) is 0 Å². The minimum atomic E-state index is -0.433. The summed E-state index contributed by atoms with van der Waals surface area (Å²) >= 11 is 11.8. The van der Waals surface area contributed by atoms with Crippen LogP contribution in [0, 0.1) is 0 Å². The van der Waals surface area contributed by atoms with E-state index in [-0.39, 0.29) is 10.6 Å². The molecule has 1 aromatic heterocycles. The smallest absolute Gasteiger partial charge is 0.296 e. The quantitative estimate of drug-likeness (QED) is 0.691. The van der Waals surface area contributed by atoms with Crippen molar-refractivity contribution in [1.82, 2.24) is 9.13 Å². The summed E-state index contributed by atoms with van der Waals surface area (Å²) in [6.45, 7) is 0. The van der Waals surface area contributed by atoms with E-state index in [0.29, 0.717) is 21.6 Å². The van der Waals surface area contributed by atoms with Crippen LogP contribution in [0.15, 0.2) is 52.1 Å². The molecule has 3 rings (SSSR count). The average Bonchev–Trinajstić information content (AvgIpc) is 2.49. The van der Waals surface area contributed by atoms with Crippen LogP contribution in [0.4, 0.5) is 0 Å². The van der Waals surface area contributed by atoms with E-state index in [1.54, 1.807) is 43.4 Å². The van der Waals surface area contributed by atoms with E-state index >= 15 is 0 Å². The molecule has 0 radical (unpaired) electrons. The van der Waals surface area contributed by atoms with Gasteiger partial charge >= 0.3 is 5.69 Å². The molecule has 6 heteroatoms. The molecule has 0 amide bonds. The predicted molar refractivity (Wildman–Crippen MR) is 84.8 cm³/mol. The van der Waals surface area contributed by atoms with E-state index < -0.39 is 5.69 Å². The molecule has 0 saturated heterocycles. The van der Waals surface area contributed by atoms with Crippen molar-refractivity contribution in [1.29, 1.82) is 0 Å². The van der Waals surface area contributed by atoms with Crippen LogP contribution in [0.2, 0.25) is 10.0 Å². The standard InChI is InChI=1S/C15H10Cl2N2O2/c1-18-13-5-3-2-4-10(13)14(20)19(15(18)21)9-6-7-11(16)12(17)8-9/h2-8H,1H3. The highest BCUT2D eigenvalue weighted by Crippen LogP contribution is 2.23. The van der Waals surface area contributed by atoms with Gasteiger partial charge in [-0.3, -0.25) is 9.36 Å². The lowest BCUT2D eigenvalue weighted by Gasteiger charge is -2.11. The molecule has 0 spiro atoms. The van der Waals surface area contributed by atoms with Gasteiger partial charge in [-0.05, 0) is 30.3 Å². The number of fused-ring (bicyclic) bond motifs is 1. The van der Waals surface area contributed by atoms with E-state index in [2.05, 4.69) is 0 Å². The first-order valence-electron chi connectivity index (χ1n) is 6.17. The fourth-order valence-corrected chi connectivity index (χ4v) is 2.55. The number of rotatable bonds is 1. The summed E-state index contributed by atoms with van der Waals surface area (Å²) in [5.41, 5.74) is 0.161. The summed E-state index contributed by atoms with van der Waals surface area (Å²) in [4.78, 5) is 25.0. The predicted octanol–water partition coefficient (Wildman–Crippen LogP) is 3.00. The van der Waals surface area contributed by atoms with E-state index in [1.807, 2.05) is 0 Å². The van der Waals surface area contributed by atoms with Crippen molar-refractivity contribution in [2.45, 2.75) is 0 Å². The molecule has 0 atom stereocenters. The molecule has 0 unspecified atom stereocenters. The Hall–Kier alpha value is -2.04. The minimum absolute atomic E-state index is 0.288. The summed E-state index contributed by atoms with van der Waals surface area (Å²) in [5, 5.41) is 1.12. The van der Waals surface area contributed by atoms with Crippen molar-refractivity contribution in [2.75, 3.05) is 0 Å². The fraction of sp³-hybridized carbons (Fsp3) is 0.0667. The summed E-state index contributed by atoms with van der Waals surface area (Å²) in [6, 6.07) is 11.6. The van der Waals surface area contributed by atoms with Crippen molar-refractivity contribution in [2.24, 2.45) is 7.05 Å². The van der Waals surface area contributed by atoms with E-state index in [9.17, 15) is 9.59 Å². The van der Waals surface area contributed by atoms with Gasteiger partial charge in [-0.25, -0.2) is 9.36 Å². The highest BCUT2D eigenvalue weighted by atomic mass is 35.5. The van der Waals surface area contributed by atoms with Gasteiger partial charge in [0.05, 0.1) is 26.6 Å². The molecule has 4 nitrogen and oxygen atoms in total. The third-order valence-electron chi connectivity index (χ3n) is 3.34. The second-order valence-electron chi connectivity index (χ2n) is 4.60. The summed E-state index contributed by atoms with van der Waals surface area (Å²) in [7, 11) is 1.62. The molecule has 0 saturated carbocycles. The molecular weight excluding hydrogens is 311 g/mol. The number of hydrogen-bond acceptors (Lipinski definition) is 2. The SMILES string of the molecule is Cn1c(=O)n(-c2ccc(Cl)c(Cl)c2)c(=O)c2ccccc21. The molecule has 106 valence electrons. The highest BCUT2D eigenvalue weighted by Gasteiger charge is 2.12. The van der Waals surface area contributed by atoms with Crippen LogP contribution in [0.5, 0.6) is 0 Å². The maximum atomic E-state index is 12.6. The van der Waals surface area contributed by atoms with Gasteiger partial charge in [0.25, 0.3) is 5.56 Å². The zero-order chi connectivity index (χ0) is 15.1. The molecule has 2 aromatic carbocycles. The second-order valence-corrected chi connectivity index (χ2v) is 5.41. The Balaban J connectivity index is 2.46. The minimum Gasteiger partial charge on any atom is -0.296 e. The molecule has 3 aromatic rings. The maximum absolute atomic E-state index is 12.6. The Morgan fingerprint density at radius 2 is 1.67 bits per heavy atom. The van der Waals surface area contributed by atoms with Crippen LogP contribution in [-0.2, 0) is 7.05 Å². The van der Waals surface area contributed by atoms with Crippen molar-refractivity contribution in [3.8, 4) is 5.69 Å². The largest absolute Gasteiger partial charge is 0.335 e. The zero-order valence-corrected chi connectivity index (χ0v) is 12.5. The van der Waals surface area contributed by atoms with Gasteiger partial charge in [0.15, 0.2) is 0 Å². The molecule has 1 heterocycles. The van der Waals surface area contributed by atoms with Gasteiger partial charge in [0.1, 0.15) is 0 Å². The van der Waals surface area contributed by atoms with Crippen LogP contribution >= 0.6 is 23.2 Å². The summed E-state index contributed by atoms with van der Waals surface area (Å²) in [5.74, 6) is 0. The molecule has 0 fully saturated rings. The Labute approximate surface area is 129 Å². The molecule has 0 aliphatic rings. The van der Waals surface area contributed by atoms with E-state index in [0.717, 1.165) is 4.57 Å². The van der Waals surface area contributed by atoms with E-state index in [1.165, 1.54) is 10.6 Å². The van der Waals surface area contributed by atoms with Gasteiger partial charge in [0, 0.05) is 7.05 Å². The number of hydrogen-bond donors (Lipinski definition) is 0. The van der Waals surface area contributed by atoms with Crippen molar-refractivity contribution >= 4 is 34.1 Å². The second kappa shape index (κ2) is 5.06. The topological polar surface area (TPSA) is 44.0 Å². The number of para-hydroxylation sites is 1. The molecule has 21 heavy (non-hydrogen) atoms. The van der Waals surface area contributed by atoms with Gasteiger partial charge in [0.2, 0.25) is 0 Å². The Bertz CT molecular complexity index is 974. The maximum Gasteiger partial charge on any atom is 0.335 e. The first-order valence-corrected chi connectivity index (χ1v) is 6.92. The van der Waals surface area contributed by atoms with Crippen LogP contribution < -0.4 is 11.2 Å². The average molecular weight is 321 g/mol. The van der Waals surface area contributed by atoms with Gasteiger partial charge in [-0.1, -0.05) is 35.3 Å². The fourth-order valence-electron chi connectivity index (χ4n) is 2.26. The summed E-state index contributed by atoms with van der Waals surface area (Å²) in [6.07, 6.45) is 0. The van der Waals surface area contributed by atoms with Crippen molar-refractivity contribution < 1.29 is 0 Å². The van der Waals surface area contributed by atoms with E-state index in [4.69, 9.17) is 23.2 Å². The highest BCUT2D eigenvalue weighted by molar-refractivity contribution is 6.42. The van der Waals surface area contributed by atoms with Crippen molar-refractivity contribution in [3.63, 3.8) is 0 Å². The van der Waals surface area contributed by atoms with Crippen molar-refractivity contribution in [3.05, 3.63) is 73.3 Å². The number of nitrogens with zero attached hydrogens (tertiary/aromatic N) is 2. The summed E-state index contributed by atoms with van der Waals surface area (Å²) < 4.78 is 2.52. The molecule has 0 bridgehead atoms. The lowest BCUT2D eigenvalue weighted by atomic mass is 10.2. The van der Waals surface area contributed by atoms with Crippen LogP contribution in [0.1, 0.15) is 0 Å². The first kappa shape index (κ1) is 13.9. The van der Waals surface area contributed by atoms with Gasteiger partial charge < -0.3 is 0 Å². The molecular formula is C15H10Cl2N2O2. The molecule has 0 aliphatic heterocycles. The number of halogens is 2. The zero-order valence-electron chi connectivity index (χ0n) is 11.0. The van der Waals surface area contributed by atoms with Crippen LogP contribution in [-0.4, -0.2) is 9.13 Å². The normalized spacial score (nSPS) is 11.0. The monoisotopic (exact) mass is 320 g/mol. The van der Waals surface area contributed by atoms with Gasteiger partial charge in [-0.2, -0.15) is 0 Å². The lowest BCUT2D eigenvalue weighted by Crippen LogP contribution is -2.37. The Morgan fingerprint density at radius 1 is 0.952 bits per heavy atom. The Morgan fingerprint density at radius 3 is 2.38 bits per heavy atom.